The van der Waals surface area contributed by atoms with Crippen molar-refractivity contribution < 1.29 is 0 Å². The number of benzene rings is 2. The molecular formula is C19H18Cl2N4S. The van der Waals surface area contributed by atoms with E-state index in [0.29, 0.717) is 27.5 Å². The molecule has 26 heavy (non-hydrogen) atoms. The summed E-state index contributed by atoms with van der Waals surface area (Å²) in [5, 5.41) is 12.5. The van der Waals surface area contributed by atoms with Crippen LogP contribution in [0.1, 0.15) is 16.7 Å². The Hall–Kier alpha value is -2.08. The van der Waals surface area contributed by atoms with E-state index in [1.807, 2.05) is 36.5 Å². The van der Waals surface area contributed by atoms with Crippen LogP contribution in [-0.2, 0) is 6.54 Å². The Morgan fingerprint density at radius 2 is 1.77 bits per heavy atom. The molecule has 1 aromatic heterocycles. The van der Waals surface area contributed by atoms with E-state index in [4.69, 9.17) is 35.4 Å². The highest BCUT2D eigenvalue weighted by Gasteiger charge is 2.06. The number of rotatable bonds is 4. The molecule has 0 radical (unpaired) electrons. The Bertz CT molecular complexity index is 932. The van der Waals surface area contributed by atoms with Crippen molar-refractivity contribution >= 4 is 52.0 Å². The van der Waals surface area contributed by atoms with Crippen LogP contribution in [0.4, 0.5) is 11.5 Å². The van der Waals surface area contributed by atoms with Gasteiger partial charge in [-0.25, -0.2) is 0 Å². The molecule has 0 saturated heterocycles. The number of hydrogen-bond donors (Lipinski definition) is 2. The fourth-order valence-corrected chi connectivity index (χ4v) is 3.36. The average Bonchev–Trinajstić information content (AvgIpc) is 2.96. The Balaban J connectivity index is 1.63. The number of aromatic nitrogens is 2. The number of halogens is 2. The van der Waals surface area contributed by atoms with Crippen molar-refractivity contribution in [2.75, 3.05) is 10.6 Å². The van der Waals surface area contributed by atoms with E-state index in [1.165, 1.54) is 11.1 Å². The van der Waals surface area contributed by atoms with Crippen molar-refractivity contribution in [2.24, 2.45) is 0 Å². The van der Waals surface area contributed by atoms with Gasteiger partial charge in [0, 0.05) is 28.0 Å². The lowest BCUT2D eigenvalue weighted by Gasteiger charge is -2.10. The van der Waals surface area contributed by atoms with Crippen LogP contribution in [0.15, 0.2) is 48.7 Å². The number of nitrogens with one attached hydrogen (secondary N) is 2. The van der Waals surface area contributed by atoms with Crippen molar-refractivity contribution in [2.45, 2.75) is 20.4 Å². The first-order chi connectivity index (χ1) is 12.4. The standard InChI is InChI=1S/C19H18Cl2N4S/c1-12-7-13(2)9-16(8-12)22-19(26)23-18-5-6-25(24-18)11-14-3-4-15(20)10-17(14)21/h3-10H,11H2,1-2H3,(H2,22,23,24,26). The molecule has 0 aliphatic heterocycles. The third-order valence-electron chi connectivity index (χ3n) is 3.71. The van der Waals surface area contributed by atoms with Crippen LogP contribution in [0, 0.1) is 13.8 Å². The third-order valence-corrected chi connectivity index (χ3v) is 4.50. The summed E-state index contributed by atoms with van der Waals surface area (Å²) in [4.78, 5) is 0. The summed E-state index contributed by atoms with van der Waals surface area (Å²) in [6.07, 6.45) is 1.87. The number of hydrogen-bond acceptors (Lipinski definition) is 2. The van der Waals surface area contributed by atoms with Crippen molar-refractivity contribution in [3.8, 4) is 0 Å². The van der Waals surface area contributed by atoms with Crippen molar-refractivity contribution in [1.29, 1.82) is 0 Å². The SMILES string of the molecule is Cc1cc(C)cc(NC(=S)Nc2ccn(Cc3ccc(Cl)cc3Cl)n2)c1. The summed E-state index contributed by atoms with van der Waals surface area (Å²) < 4.78 is 1.79. The molecule has 0 amide bonds. The molecule has 0 spiro atoms. The second kappa shape index (κ2) is 8.08. The molecule has 0 fully saturated rings. The Morgan fingerprint density at radius 1 is 1.04 bits per heavy atom. The zero-order valence-electron chi connectivity index (χ0n) is 14.4. The average molecular weight is 405 g/mol. The van der Waals surface area contributed by atoms with Gasteiger partial charge in [0.25, 0.3) is 0 Å². The highest BCUT2D eigenvalue weighted by atomic mass is 35.5. The van der Waals surface area contributed by atoms with E-state index in [9.17, 15) is 0 Å². The first-order valence-electron chi connectivity index (χ1n) is 8.03. The van der Waals surface area contributed by atoms with Gasteiger partial charge in [-0.15, -0.1) is 0 Å². The van der Waals surface area contributed by atoms with Crippen LogP contribution in [0.3, 0.4) is 0 Å². The lowest BCUT2D eigenvalue weighted by Crippen LogP contribution is -2.19. The van der Waals surface area contributed by atoms with Gasteiger partial charge < -0.3 is 10.6 Å². The maximum absolute atomic E-state index is 6.21. The molecule has 1 heterocycles. The summed E-state index contributed by atoms with van der Waals surface area (Å²) in [5.41, 5.74) is 4.26. The molecule has 0 unspecified atom stereocenters. The van der Waals surface area contributed by atoms with Gasteiger partial charge in [-0.2, -0.15) is 5.10 Å². The monoisotopic (exact) mass is 404 g/mol. The van der Waals surface area contributed by atoms with E-state index < -0.39 is 0 Å². The number of thiocarbonyl (C=S) groups is 1. The van der Waals surface area contributed by atoms with E-state index in [0.717, 1.165) is 11.3 Å². The molecular weight excluding hydrogens is 387 g/mol. The molecule has 2 N–H and O–H groups in total. The predicted octanol–water partition coefficient (Wildman–Crippen LogP) is 5.66. The van der Waals surface area contributed by atoms with E-state index >= 15 is 0 Å². The molecule has 134 valence electrons. The topological polar surface area (TPSA) is 41.9 Å². The Morgan fingerprint density at radius 3 is 2.46 bits per heavy atom. The van der Waals surface area contributed by atoms with E-state index in [1.54, 1.807) is 10.7 Å². The van der Waals surface area contributed by atoms with E-state index in [2.05, 4.69) is 35.6 Å². The Labute approximate surface area is 168 Å². The summed E-state index contributed by atoms with van der Waals surface area (Å²) in [6, 6.07) is 13.5. The molecule has 0 bridgehead atoms. The molecule has 0 aliphatic carbocycles. The molecule has 2 aromatic carbocycles. The molecule has 0 saturated carbocycles. The third kappa shape index (κ3) is 4.97. The van der Waals surface area contributed by atoms with Crippen LogP contribution in [0.5, 0.6) is 0 Å². The largest absolute Gasteiger partial charge is 0.332 e. The van der Waals surface area contributed by atoms with Crippen LogP contribution >= 0.6 is 35.4 Å². The van der Waals surface area contributed by atoms with Gasteiger partial charge in [0.15, 0.2) is 10.9 Å². The molecule has 7 heteroatoms. The summed E-state index contributed by atoms with van der Waals surface area (Å²) in [6.45, 7) is 4.66. The minimum absolute atomic E-state index is 0.491. The highest BCUT2D eigenvalue weighted by molar-refractivity contribution is 7.80. The minimum atomic E-state index is 0.491. The minimum Gasteiger partial charge on any atom is -0.332 e. The van der Waals surface area contributed by atoms with Crippen molar-refractivity contribution in [3.05, 3.63) is 75.4 Å². The summed E-state index contributed by atoms with van der Waals surface area (Å²) in [5.74, 6) is 0.664. The molecule has 3 aromatic rings. The maximum Gasteiger partial charge on any atom is 0.176 e. The molecule has 3 rings (SSSR count). The number of nitrogens with zero attached hydrogens (tertiary/aromatic N) is 2. The molecule has 0 aliphatic rings. The van der Waals surface area contributed by atoms with Gasteiger partial charge >= 0.3 is 0 Å². The first kappa shape index (κ1) is 18.7. The van der Waals surface area contributed by atoms with Crippen molar-refractivity contribution in [1.82, 2.24) is 9.78 Å². The van der Waals surface area contributed by atoms with Gasteiger partial charge in [-0.1, -0.05) is 35.3 Å². The number of anilines is 2. The smallest absolute Gasteiger partial charge is 0.176 e. The van der Waals surface area contributed by atoms with Crippen molar-refractivity contribution in [3.63, 3.8) is 0 Å². The summed E-state index contributed by atoms with van der Waals surface area (Å²) in [7, 11) is 0. The van der Waals surface area contributed by atoms with Gasteiger partial charge in [0.1, 0.15) is 0 Å². The fraction of sp³-hybridized carbons (Fsp3) is 0.158. The van der Waals surface area contributed by atoms with Crippen LogP contribution in [0.2, 0.25) is 10.0 Å². The van der Waals surface area contributed by atoms with Gasteiger partial charge in [0.05, 0.1) is 6.54 Å². The normalized spacial score (nSPS) is 10.6. The van der Waals surface area contributed by atoms with Crippen LogP contribution in [-0.4, -0.2) is 14.9 Å². The van der Waals surface area contributed by atoms with Gasteiger partial charge in [-0.3, -0.25) is 4.68 Å². The summed E-state index contributed by atoms with van der Waals surface area (Å²) >= 11 is 17.5. The molecule has 0 atom stereocenters. The second-order valence-electron chi connectivity index (χ2n) is 6.09. The zero-order valence-corrected chi connectivity index (χ0v) is 16.7. The van der Waals surface area contributed by atoms with Crippen LogP contribution < -0.4 is 10.6 Å². The zero-order chi connectivity index (χ0) is 18.7. The molecule has 4 nitrogen and oxygen atoms in total. The van der Waals surface area contributed by atoms with Crippen LogP contribution in [0.25, 0.3) is 0 Å². The second-order valence-corrected chi connectivity index (χ2v) is 7.34. The van der Waals surface area contributed by atoms with Gasteiger partial charge in [0.2, 0.25) is 0 Å². The van der Waals surface area contributed by atoms with E-state index in [-0.39, 0.29) is 0 Å². The quantitative estimate of drug-likeness (QED) is 0.550. The maximum atomic E-state index is 6.21. The fourth-order valence-electron chi connectivity index (χ4n) is 2.67. The lowest BCUT2D eigenvalue weighted by molar-refractivity contribution is 0.690. The Kier molecular flexibility index (Phi) is 5.81. The lowest BCUT2D eigenvalue weighted by atomic mass is 10.1. The first-order valence-corrected chi connectivity index (χ1v) is 9.19. The predicted molar refractivity (Wildman–Crippen MR) is 114 cm³/mol. The highest BCUT2D eigenvalue weighted by Crippen LogP contribution is 2.22. The van der Waals surface area contributed by atoms with Gasteiger partial charge in [-0.05, 0) is 67.0 Å². The number of aryl methyl sites for hydroxylation is 2.